The van der Waals surface area contributed by atoms with Gasteiger partial charge in [0.15, 0.2) is 11.5 Å². The highest BCUT2D eigenvalue weighted by atomic mass is 79.9. The molecule has 2 N–H and O–H groups in total. The van der Waals surface area contributed by atoms with Gasteiger partial charge < -0.3 is 5.32 Å². The van der Waals surface area contributed by atoms with Crippen molar-refractivity contribution in [2.24, 2.45) is 4.99 Å². The molecule has 1 aliphatic rings. The fourth-order valence-electron chi connectivity index (χ4n) is 2.28. The van der Waals surface area contributed by atoms with E-state index in [1.54, 1.807) is 0 Å². The van der Waals surface area contributed by atoms with Crippen molar-refractivity contribution >= 4 is 27.8 Å². The molecule has 1 amide bonds. The van der Waals surface area contributed by atoms with Gasteiger partial charge in [-0.3, -0.25) is 10.1 Å². The van der Waals surface area contributed by atoms with Gasteiger partial charge in [0.2, 0.25) is 0 Å². The number of hydrogen-bond donors (Lipinski definition) is 2. The Kier molecular flexibility index (Phi) is 3.91. The first kappa shape index (κ1) is 15.0. The Balaban J connectivity index is 2.42. The number of carbonyl (C=O) groups excluding carboxylic acids is 1. The van der Waals surface area contributed by atoms with E-state index in [1.165, 1.54) is 0 Å². The van der Waals surface area contributed by atoms with Crippen LogP contribution in [0.4, 0.5) is 0 Å². The predicted octanol–water partition coefficient (Wildman–Crippen LogP) is 2.93. The number of nitrogens with one attached hydrogen (secondary N) is 2. The van der Waals surface area contributed by atoms with Gasteiger partial charge in [-0.05, 0) is 44.9 Å². The molecule has 1 aromatic rings. The van der Waals surface area contributed by atoms with Crippen molar-refractivity contribution < 1.29 is 4.79 Å². The molecule has 0 bridgehead atoms. The smallest absolute Gasteiger partial charge is 0.259 e. The van der Waals surface area contributed by atoms with Crippen molar-refractivity contribution in [1.29, 1.82) is 0 Å². The number of hydrogen-bond acceptors (Lipinski definition) is 3. The predicted molar refractivity (Wildman–Crippen MR) is 84.6 cm³/mol. The van der Waals surface area contributed by atoms with E-state index in [4.69, 9.17) is 0 Å². The molecule has 1 aromatic carbocycles. The number of aliphatic imine (C=N–C) groups is 1. The SMILES string of the molecule is CCC1(c2cccc(Br)c2)N=C(NC(C)(C)C)NC1=O. The second-order valence-electron chi connectivity index (χ2n) is 6.01. The quantitative estimate of drug-likeness (QED) is 0.871. The van der Waals surface area contributed by atoms with Gasteiger partial charge in [0, 0.05) is 10.0 Å². The third kappa shape index (κ3) is 2.87. The average Bonchev–Trinajstić information content (AvgIpc) is 2.64. The first-order valence-electron chi connectivity index (χ1n) is 6.72. The molecule has 0 fully saturated rings. The summed E-state index contributed by atoms with van der Waals surface area (Å²) >= 11 is 3.45. The van der Waals surface area contributed by atoms with E-state index in [0.29, 0.717) is 12.4 Å². The zero-order valence-corrected chi connectivity index (χ0v) is 13.8. The summed E-state index contributed by atoms with van der Waals surface area (Å²) in [6.45, 7) is 8.08. The molecule has 0 radical (unpaired) electrons. The van der Waals surface area contributed by atoms with Crippen LogP contribution < -0.4 is 10.6 Å². The Bertz CT molecular complexity index is 562. The summed E-state index contributed by atoms with van der Waals surface area (Å²) in [4.78, 5) is 17.1. The Labute approximate surface area is 128 Å². The molecule has 2 rings (SSSR count). The summed E-state index contributed by atoms with van der Waals surface area (Å²) in [6, 6.07) is 7.76. The van der Waals surface area contributed by atoms with Gasteiger partial charge in [-0.2, -0.15) is 0 Å². The average molecular weight is 338 g/mol. The number of benzene rings is 1. The third-order valence-electron chi connectivity index (χ3n) is 3.22. The summed E-state index contributed by atoms with van der Waals surface area (Å²) in [7, 11) is 0. The molecule has 5 heteroatoms. The van der Waals surface area contributed by atoms with Gasteiger partial charge in [-0.15, -0.1) is 0 Å². The van der Waals surface area contributed by atoms with Crippen LogP contribution in [0.15, 0.2) is 33.7 Å². The monoisotopic (exact) mass is 337 g/mol. The molecule has 108 valence electrons. The molecule has 1 aliphatic heterocycles. The molecule has 0 spiro atoms. The van der Waals surface area contributed by atoms with E-state index in [2.05, 4.69) is 31.6 Å². The van der Waals surface area contributed by atoms with Crippen molar-refractivity contribution in [3.63, 3.8) is 0 Å². The van der Waals surface area contributed by atoms with Gasteiger partial charge >= 0.3 is 0 Å². The summed E-state index contributed by atoms with van der Waals surface area (Å²) in [5.74, 6) is 0.467. The van der Waals surface area contributed by atoms with Gasteiger partial charge in [0.1, 0.15) is 0 Å². The van der Waals surface area contributed by atoms with Crippen LogP contribution in [0.1, 0.15) is 39.7 Å². The number of carbonyl (C=O) groups is 1. The highest BCUT2D eigenvalue weighted by molar-refractivity contribution is 9.10. The zero-order chi connectivity index (χ0) is 15.0. The van der Waals surface area contributed by atoms with Crippen LogP contribution in [0, 0.1) is 0 Å². The second kappa shape index (κ2) is 5.20. The highest BCUT2D eigenvalue weighted by Crippen LogP contribution is 2.34. The van der Waals surface area contributed by atoms with Crippen LogP contribution in [-0.4, -0.2) is 17.4 Å². The van der Waals surface area contributed by atoms with Crippen LogP contribution in [0.25, 0.3) is 0 Å². The molecule has 20 heavy (non-hydrogen) atoms. The van der Waals surface area contributed by atoms with Crippen LogP contribution in [-0.2, 0) is 10.3 Å². The van der Waals surface area contributed by atoms with Gasteiger partial charge in [0.25, 0.3) is 5.91 Å². The molecular formula is C15H20BrN3O. The minimum atomic E-state index is -0.836. The zero-order valence-electron chi connectivity index (χ0n) is 12.2. The minimum Gasteiger partial charge on any atom is -0.351 e. The van der Waals surface area contributed by atoms with E-state index in [9.17, 15) is 4.79 Å². The number of guanidine groups is 1. The summed E-state index contributed by atoms with van der Waals surface area (Å²) in [6.07, 6.45) is 0.616. The maximum Gasteiger partial charge on any atom is 0.259 e. The minimum absolute atomic E-state index is 0.0788. The van der Waals surface area contributed by atoms with Crippen molar-refractivity contribution in [2.45, 2.75) is 45.2 Å². The van der Waals surface area contributed by atoms with E-state index in [1.807, 2.05) is 52.0 Å². The lowest BCUT2D eigenvalue weighted by molar-refractivity contribution is -0.124. The fraction of sp³-hybridized carbons (Fsp3) is 0.467. The third-order valence-corrected chi connectivity index (χ3v) is 3.71. The molecule has 1 atom stereocenters. The lowest BCUT2D eigenvalue weighted by Gasteiger charge is -2.22. The first-order chi connectivity index (χ1) is 9.27. The molecule has 0 aromatic heterocycles. The van der Waals surface area contributed by atoms with Crippen LogP contribution in [0.2, 0.25) is 0 Å². The maximum absolute atomic E-state index is 12.5. The number of rotatable bonds is 2. The number of amides is 1. The van der Waals surface area contributed by atoms with Crippen molar-refractivity contribution in [3.8, 4) is 0 Å². The van der Waals surface area contributed by atoms with Gasteiger partial charge in [-0.1, -0.05) is 35.0 Å². The lowest BCUT2D eigenvalue weighted by Crippen LogP contribution is -2.47. The van der Waals surface area contributed by atoms with E-state index < -0.39 is 5.54 Å². The standard InChI is InChI=1S/C15H20BrN3O/c1-5-15(10-7-6-8-11(16)9-10)12(20)17-13(19-15)18-14(2,3)4/h6-9H,5H2,1-4H3,(H2,17,18,19,20). The summed E-state index contributed by atoms with van der Waals surface area (Å²) < 4.78 is 0.947. The first-order valence-corrected chi connectivity index (χ1v) is 7.52. The topological polar surface area (TPSA) is 53.5 Å². The fourth-order valence-corrected chi connectivity index (χ4v) is 2.68. The summed E-state index contributed by atoms with van der Waals surface area (Å²) in [5, 5.41) is 6.08. The van der Waals surface area contributed by atoms with Gasteiger partial charge in [0.05, 0.1) is 0 Å². The molecule has 1 unspecified atom stereocenters. The van der Waals surface area contributed by atoms with Crippen LogP contribution >= 0.6 is 15.9 Å². The van der Waals surface area contributed by atoms with Crippen molar-refractivity contribution in [1.82, 2.24) is 10.6 Å². The molecule has 0 saturated carbocycles. The Morgan fingerprint density at radius 1 is 1.40 bits per heavy atom. The molecule has 0 saturated heterocycles. The Morgan fingerprint density at radius 3 is 2.65 bits per heavy atom. The molecular weight excluding hydrogens is 318 g/mol. The lowest BCUT2D eigenvalue weighted by atomic mass is 9.88. The van der Waals surface area contributed by atoms with Crippen molar-refractivity contribution in [3.05, 3.63) is 34.3 Å². The van der Waals surface area contributed by atoms with E-state index in [-0.39, 0.29) is 11.4 Å². The molecule has 4 nitrogen and oxygen atoms in total. The number of nitrogens with zero attached hydrogens (tertiary/aromatic N) is 1. The molecule has 0 aliphatic carbocycles. The Hall–Kier alpha value is -1.36. The van der Waals surface area contributed by atoms with Crippen LogP contribution in [0.3, 0.4) is 0 Å². The normalized spacial score (nSPS) is 22.4. The van der Waals surface area contributed by atoms with Crippen molar-refractivity contribution in [2.75, 3.05) is 0 Å². The number of halogens is 1. The molecule has 1 heterocycles. The van der Waals surface area contributed by atoms with E-state index in [0.717, 1.165) is 10.0 Å². The Morgan fingerprint density at radius 2 is 2.10 bits per heavy atom. The summed E-state index contributed by atoms with van der Waals surface area (Å²) in [5.41, 5.74) is -0.0810. The maximum atomic E-state index is 12.5. The van der Waals surface area contributed by atoms with Gasteiger partial charge in [-0.25, -0.2) is 4.99 Å². The highest BCUT2D eigenvalue weighted by Gasteiger charge is 2.44. The second-order valence-corrected chi connectivity index (χ2v) is 6.93. The largest absolute Gasteiger partial charge is 0.351 e. The van der Waals surface area contributed by atoms with E-state index >= 15 is 0 Å². The van der Waals surface area contributed by atoms with Crippen LogP contribution in [0.5, 0.6) is 0 Å².